The van der Waals surface area contributed by atoms with E-state index < -0.39 is 6.04 Å². The van der Waals surface area contributed by atoms with Gasteiger partial charge in [0.1, 0.15) is 0 Å². The second-order valence-corrected chi connectivity index (χ2v) is 4.53. The molecule has 1 aromatic rings. The minimum absolute atomic E-state index is 0.118. The average Bonchev–Trinajstić information content (AvgIpc) is 2.22. The zero-order valence-corrected chi connectivity index (χ0v) is 10.4. The van der Waals surface area contributed by atoms with Gasteiger partial charge >= 0.3 is 0 Å². The molecule has 1 amide bonds. The number of amides is 1. The number of para-hydroxylation sites is 1. The third-order valence-electron chi connectivity index (χ3n) is 2.75. The van der Waals surface area contributed by atoms with Gasteiger partial charge in [-0.2, -0.15) is 0 Å². The van der Waals surface area contributed by atoms with Crippen molar-refractivity contribution in [2.24, 2.45) is 11.7 Å². The van der Waals surface area contributed by atoms with E-state index in [4.69, 9.17) is 5.73 Å². The van der Waals surface area contributed by atoms with Gasteiger partial charge in [-0.05, 0) is 30.9 Å². The molecule has 3 nitrogen and oxygen atoms in total. The number of anilines is 1. The van der Waals surface area contributed by atoms with Gasteiger partial charge in [-0.3, -0.25) is 4.79 Å². The van der Waals surface area contributed by atoms with Crippen molar-refractivity contribution < 1.29 is 4.79 Å². The highest BCUT2D eigenvalue weighted by Crippen LogP contribution is 2.19. The SMILES string of the molecule is Cc1cccc(C)c1NC(=O)[C@@H](N)C(C)C. The van der Waals surface area contributed by atoms with Crippen molar-refractivity contribution in [3.05, 3.63) is 29.3 Å². The molecule has 88 valence electrons. The Hall–Kier alpha value is -1.35. The first-order valence-electron chi connectivity index (χ1n) is 5.56. The number of carbonyl (C=O) groups excluding carboxylic acids is 1. The lowest BCUT2D eigenvalue weighted by Crippen LogP contribution is -2.40. The number of carbonyl (C=O) groups is 1. The van der Waals surface area contributed by atoms with E-state index in [1.807, 2.05) is 45.9 Å². The Kier molecular flexibility index (Phi) is 4.07. The molecule has 0 bridgehead atoms. The summed E-state index contributed by atoms with van der Waals surface area (Å²) in [5.74, 6) is 0.0247. The van der Waals surface area contributed by atoms with Crippen LogP contribution in [0.2, 0.25) is 0 Å². The van der Waals surface area contributed by atoms with Crippen LogP contribution in [0.3, 0.4) is 0 Å². The van der Waals surface area contributed by atoms with Gasteiger partial charge in [-0.1, -0.05) is 32.0 Å². The van der Waals surface area contributed by atoms with Crippen LogP contribution < -0.4 is 11.1 Å². The topological polar surface area (TPSA) is 55.1 Å². The molecule has 1 atom stereocenters. The summed E-state index contributed by atoms with van der Waals surface area (Å²) in [5.41, 5.74) is 8.79. The Morgan fingerprint density at radius 1 is 1.25 bits per heavy atom. The maximum atomic E-state index is 11.8. The zero-order chi connectivity index (χ0) is 12.3. The van der Waals surface area contributed by atoms with Gasteiger partial charge in [-0.25, -0.2) is 0 Å². The fourth-order valence-corrected chi connectivity index (χ4v) is 1.52. The van der Waals surface area contributed by atoms with Crippen molar-refractivity contribution in [3.8, 4) is 0 Å². The fourth-order valence-electron chi connectivity index (χ4n) is 1.52. The number of nitrogens with one attached hydrogen (secondary N) is 1. The molecule has 0 saturated carbocycles. The normalized spacial score (nSPS) is 12.6. The van der Waals surface area contributed by atoms with E-state index >= 15 is 0 Å². The molecule has 3 N–H and O–H groups in total. The van der Waals surface area contributed by atoms with E-state index in [1.165, 1.54) is 0 Å². The highest BCUT2D eigenvalue weighted by Gasteiger charge is 2.18. The molecule has 16 heavy (non-hydrogen) atoms. The van der Waals surface area contributed by atoms with Crippen LogP contribution in [0.1, 0.15) is 25.0 Å². The number of nitrogens with two attached hydrogens (primary N) is 1. The molecule has 0 aliphatic rings. The number of aryl methyl sites for hydroxylation is 2. The van der Waals surface area contributed by atoms with Gasteiger partial charge in [0.15, 0.2) is 0 Å². The minimum atomic E-state index is -0.459. The first-order chi connectivity index (χ1) is 7.43. The third kappa shape index (κ3) is 2.83. The molecule has 3 heteroatoms. The first kappa shape index (κ1) is 12.7. The summed E-state index contributed by atoms with van der Waals surface area (Å²) < 4.78 is 0. The lowest BCUT2D eigenvalue weighted by atomic mass is 10.0. The molecule has 0 aliphatic carbocycles. The van der Waals surface area contributed by atoms with Gasteiger partial charge in [0, 0.05) is 5.69 Å². The Balaban J connectivity index is 2.85. The number of hydrogen-bond acceptors (Lipinski definition) is 2. The minimum Gasteiger partial charge on any atom is -0.324 e. The Bertz CT molecular complexity index is 365. The largest absolute Gasteiger partial charge is 0.324 e. The van der Waals surface area contributed by atoms with Crippen LogP contribution >= 0.6 is 0 Å². The monoisotopic (exact) mass is 220 g/mol. The smallest absolute Gasteiger partial charge is 0.241 e. The van der Waals surface area contributed by atoms with Crippen LogP contribution in [-0.2, 0) is 4.79 Å². The third-order valence-corrected chi connectivity index (χ3v) is 2.75. The molecular weight excluding hydrogens is 200 g/mol. The molecule has 1 rings (SSSR count). The van der Waals surface area contributed by atoms with Gasteiger partial charge < -0.3 is 11.1 Å². The first-order valence-corrected chi connectivity index (χ1v) is 5.56. The predicted octanol–water partition coefficient (Wildman–Crippen LogP) is 2.23. The van der Waals surface area contributed by atoms with Crippen molar-refractivity contribution in [3.63, 3.8) is 0 Å². The van der Waals surface area contributed by atoms with E-state index in [9.17, 15) is 4.79 Å². The second kappa shape index (κ2) is 5.12. The van der Waals surface area contributed by atoms with E-state index in [2.05, 4.69) is 5.32 Å². The predicted molar refractivity (Wildman–Crippen MR) is 67.4 cm³/mol. The maximum Gasteiger partial charge on any atom is 0.241 e. The summed E-state index contributed by atoms with van der Waals surface area (Å²) in [4.78, 5) is 11.8. The summed E-state index contributed by atoms with van der Waals surface area (Å²) in [5, 5.41) is 2.90. The molecule has 0 radical (unpaired) electrons. The summed E-state index contributed by atoms with van der Waals surface area (Å²) >= 11 is 0. The lowest BCUT2D eigenvalue weighted by molar-refractivity contribution is -0.118. The number of benzene rings is 1. The molecule has 0 unspecified atom stereocenters. The molecule has 0 saturated heterocycles. The highest BCUT2D eigenvalue weighted by atomic mass is 16.2. The quantitative estimate of drug-likeness (QED) is 0.820. The number of rotatable bonds is 3. The molecule has 0 aromatic heterocycles. The van der Waals surface area contributed by atoms with Crippen LogP contribution in [0.4, 0.5) is 5.69 Å². The average molecular weight is 220 g/mol. The summed E-state index contributed by atoms with van der Waals surface area (Å²) in [6, 6.07) is 5.47. The Morgan fingerprint density at radius 2 is 1.75 bits per heavy atom. The van der Waals surface area contributed by atoms with Crippen molar-refractivity contribution in [2.45, 2.75) is 33.7 Å². The van der Waals surface area contributed by atoms with Gasteiger partial charge in [0.25, 0.3) is 0 Å². The molecule has 1 aromatic carbocycles. The molecule has 0 spiro atoms. The summed E-state index contributed by atoms with van der Waals surface area (Å²) in [6.45, 7) is 7.83. The van der Waals surface area contributed by atoms with Crippen LogP contribution in [0.5, 0.6) is 0 Å². The summed E-state index contributed by atoms with van der Waals surface area (Å²) in [6.07, 6.45) is 0. The van der Waals surface area contributed by atoms with E-state index in [0.29, 0.717) is 0 Å². The van der Waals surface area contributed by atoms with Gasteiger partial charge in [0.05, 0.1) is 6.04 Å². The van der Waals surface area contributed by atoms with Gasteiger partial charge in [0.2, 0.25) is 5.91 Å². The van der Waals surface area contributed by atoms with Crippen LogP contribution in [0.15, 0.2) is 18.2 Å². The molecule has 0 aliphatic heterocycles. The maximum absolute atomic E-state index is 11.8. The van der Waals surface area contributed by atoms with E-state index in [1.54, 1.807) is 0 Å². The van der Waals surface area contributed by atoms with Crippen molar-refractivity contribution in [1.29, 1.82) is 0 Å². The van der Waals surface area contributed by atoms with E-state index in [-0.39, 0.29) is 11.8 Å². The van der Waals surface area contributed by atoms with Crippen molar-refractivity contribution in [1.82, 2.24) is 0 Å². The van der Waals surface area contributed by atoms with Crippen molar-refractivity contribution in [2.75, 3.05) is 5.32 Å². The zero-order valence-electron chi connectivity index (χ0n) is 10.4. The lowest BCUT2D eigenvalue weighted by Gasteiger charge is -2.17. The van der Waals surface area contributed by atoms with Crippen LogP contribution in [0, 0.1) is 19.8 Å². The van der Waals surface area contributed by atoms with Crippen LogP contribution in [-0.4, -0.2) is 11.9 Å². The Morgan fingerprint density at radius 3 is 2.19 bits per heavy atom. The highest BCUT2D eigenvalue weighted by molar-refractivity contribution is 5.96. The van der Waals surface area contributed by atoms with Crippen molar-refractivity contribution >= 4 is 11.6 Å². The second-order valence-electron chi connectivity index (χ2n) is 4.53. The van der Waals surface area contributed by atoms with Gasteiger partial charge in [-0.15, -0.1) is 0 Å². The van der Waals surface area contributed by atoms with Crippen LogP contribution in [0.25, 0.3) is 0 Å². The standard InChI is InChI=1S/C13H20N2O/c1-8(2)11(14)13(16)15-12-9(3)6-5-7-10(12)4/h5-8,11H,14H2,1-4H3,(H,15,16)/t11-/m0/s1. The number of hydrogen-bond donors (Lipinski definition) is 2. The summed E-state index contributed by atoms with van der Waals surface area (Å²) in [7, 11) is 0. The fraction of sp³-hybridized carbons (Fsp3) is 0.462. The Labute approximate surface area is 97.0 Å². The molecular formula is C13H20N2O. The molecule has 0 fully saturated rings. The van der Waals surface area contributed by atoms with E-state index in [0.717, 1.165) is 16.8 Å². The molecule has 0 heterocycles.